The first-order chi connectivity index (χ1) is 9.69. The van der Waals surface area contributed by atoms with Crippen LogP contribution in [0.2, 0.25) is 0 Å². The topological polar surface area (TPSA) is 65.3 Å². The Morgan fingerprint density at radius 2 is 2.05 bits per heavy atom. The van der Waals surface area contributed by atoms with Crippen molar-refractivity contribution < 1.29 is 9.66 Å². The van der Waals surface area contributed by atoms with E-state index >= 15 is 0 Å². The maximum absolute atomic E-state index is 10.9. The minimum Gasteiger partial charge on any atom is -0.490 e. The standard InChI is InChI=1S/C14H10N2O3S/c1-19-12-8-9(6-7-11(12)16(17)18)14-15-10-4-2-3-5-13(10)20-14/h2-8H,1H3. The van der Waals surface area contributed by atoms with Crippen molar-refractivity contribution in [1.82, 2.24) is 4.98 Å². The maximum atomic E-state index is 10.9. The highest BCUT2D eigenvalue weighted by Gasteiger charge is 2.16. The monoisotopic (exact) mass is 286 g/mol. The number of nitro groups is 1. The number of nitro benzene ring substituents is 1. The predicted octanol–water partition coefficient (Wildman–Crippen LogP) is 3.88. The molecule has 1 aromatic heterocycles. The zero-order valence-corrected chi connectivity index (χ0v) is 11.4. The molecular formula is C14H10N2O3S. The molecule has 0 aliphatic carbocycles. The van der Waals surface area contributed by atoms with Gasteiger partial charge in [-0.1, -0.05) is 12.1 Å². The number of methoxy groups -OCH3 is 1. The summed E-state index contributed by atoms with van der Waals surface area (Å²) in [6, 6.07) is 12.6. The second-order valence-corrected chi connectivity index (χ2v) is 5.16. The SMILES string of the molecule is COc1cc(-c2nc3ccccc3s2)ccc1[N+](=O)[O-]. The zero-order chi connectivity index (χ0) is 14.1. The third-order valence-electron chi connectivity index (χ3n) is 2.92. The number of ether oxygens (including phenoxy) is 1. The molecule has 5 nitrogen and oxygen atoms in total. The van der Waals surface area contributed by atoms with E-state index in [1.54, 1.807) is 23.5 Å². The van der Waals surface area contributed by atoms with Gasteiger partial charge < -0.3 is 4.74 Å². The third kappa shape index (κ3) is 2.10. The summed E-state index contributed by atoms with van der Waals surface area (Å²) in [5.74, 6) is 0.242. The van der Waals surface area contributed by atoms with Crippen LogP contribution in [0, 0.1) is 10.1 Å². The molecule has 2 aromatic carbocycles. The Labute approximate surface area is 118 Å². The lowest BCUT2D eigenvalue weighted by Gasteiger charge is -2.03. The molecule has 6 heteroatoms. The summed E-state index contributed by atoms with van der Waals surface area (Å²) in [5, 5.41) is 11.7. The summed E-state index contributed by atoms with van der Waals surface area (Å²) in [6.45, 7) is 0. The van der Waals surface area contributed by atoms with Gasteiger partial charge in [-0.15, -0.1) is 11.3 Å². The molecule has 1 heterocycles. The number of fused-ring (bicyclic) bond motifs is 1. The van der Waals surface area contributed by atoms with Crippen LogP contribution in [0.25, 0.3) is 20.8 Å². The number of nitrogens with zero attached hydrogens (tertiary/aromatic N) is 2. The van der Waals surface area contributed by atoms with Crippen LogP contribution in [0.5, 0.6) is 5.75 Å². The second-order valence-electron chi connectivity index (χ2n) is 4.13. The fourth-order valence-corrected chi connectivity index (χ4v) is 2.92. The van der Waals surface area contributed by atoms with E-state index in [4.69, 9.17) is 4.74 Å². The van der Waals surface area contributed by atoms with Crippen LogP contribution < -0.4 is 4.74 Å². The molecule has 0 bridgehead atoms. The third-order valence-corrected chi connectivity index (χ3v) is 4.00. The van der Waals surface area contributed by atoms with Crippen molar-refractivity contribution in [3.63, 3.8) is 0 Å². The van der Waals surface area contributed by atoms with Crippen molar-refractivity contribution >= 4 is 27.2 Å². The molecule has 0 aliphatic rings. The fourth-order valence-electron chi connectivity index (χ4n) is 1.96. The quantitative estimate of drug-likeness (QED) is 0.541. The minimum absolute atomic E-state index is 0.0441. The summed E-state index contributed by atoms with van der Waals surface area (Å²) in [4.78, 5) is 15.0. The highest BCUT2D eigenvalue weighted by atomic mass is 32.1. The molecule has 0 amide bonds. The Morgan fingerprint density at radius 1 is 1.25 bits per heavy atom. The summed E-state index contributed by atoms with van der Waals surface area (Å²) >= 11 is 1.55. The first-order valence-electron chi connectivity index (χ1n) is 5.87. The molecule has 100 valence electrons. The van der Waals surface area contributed by atoms with E-state index in [1.165, 1.54) is 13.2 Å². The van der Waals surface area contributed by atoms with Crippen molar-refractivity contribution in [3.05, 3.63) is 52.6 Å². The van der Waals surface area contributed by atoms with Crippen molar-refractivity contribution in [2.24, 2.45) is 0 Å². The molecule has 0 saturated carbocycles. The van der Waals surface area contributed by atoms with Crippen LogP contribution in [-0.2, 0) is 0 Å². The molecule has 0 aliphatic heterocycles. The average molecular weight is 286 g/mol. The van der Waals surface area contributed by atoms with Crippen molar-refractivity contribution in [2.45, 2.75) is 0 Å². The molecule has 20 heavy (non-hydrogen) atoms. The Bertz CT molecular complexity index is 765. The van der Waals surface area contributed by atoms with Crippen molar-refractivity contribution in [2.75, 3.05) is 7.11 Å². The van der Waals surface area contributed by atoms with Gasteiger partial charge in [0, 0.05) is 11.6 Å². The molecule has 0 radical (unpaired) electrons. The summed E-state index contributed by atoms with van der Waals surface area (Å²) < 4.78 is 6.16. The van der Waals surface area contributed by atoms with E-state index in [9.17, 15) is 10.1 Å². The van der Waals surface area contributed by atoms with Gasteiger partial charge in [-0.2, -0.15) is 0 Å². The van der Waals surface area contributed by atoms with Crippen LogP contribution in [0.1, 0.15) is 0 Å². The van der Waals surface area contributed by atoms with E-state index in [2.05, 4.69) is 4.98 Å². The first kappa shape index (κ1) is 12.6. The van der Waals surface area contributed by atoms with Gasteiger partial charge in [-0.3, -0.25) is 10.1 Å². The Morgan fingerprint density at radius 3 is 2.75 bits per heavy atom. The van der Waals surface area contributed by atoms with Crippen molar-refractivity contribution in [1.29, 1.82) is 0 Å². The highest BCUT2D eigenvalue weighted by Crippen LogP contribution is 2.35. The van der Waals surface area contributed by atoms with E-state index in [0.717, 1.165) is 20.8 Å². The highest BCUT2D eigenvalue weighted by molar-refractivity contribution is 7.21. The van der Waals surface area contributed by atoms with E-state index in [-0.39, 0.29) is 11.4 Å². The van der Waals surface area contributed by atoms with E-state index in [1.807, 2.05) is 24.3 Å². The summed E-state index contributed by atoms with van der Waals surface area (Å²) in [6.07, 6.45) is 0. The van der Waals surface area contributed by atoms with Crippen LogP contribution in [0.15, 0.2) is 42.5 Å². The van der Waals surface area contributed by atoms with E-state index < -0.39 is 4.92 Å². The Hall–Kier alpha value is -2.47. The predicted molar refractivity (Wildman–Crippen MR) is 78.3 cm³/mol. The van der Waals surface area contributed by atoms with E-state index in [0.29, 0.717) is 0 Å². The molecule has 0 fully saturated rings. The molecule has 3 aromatic rings. The second kappa shape index (κ2) is 4.90. The molecule has 3 rings (SSSR count). The summed E-state index contributed by atoms with van der Waals surface area (Å²) in [7, 11) is 1.42. The average Bonchev–Trinajstić information content (AvgIpc) is 2.90. The lowest BCUT2D eigenvalue weighted by Crippen LogP contribution is -1.93. The Kier molecular flexibility index (Phi) is 3.08. The molecule has 0 spiro atoms. The number of benzene rings is 2. The smallest absolute Gasteiger partial charge is 0.310 e. The lowest BCUT2D eigenvalue weighted by atomic mass is 10.2. The molecule has 0 saturated heterocycles. The number of para-hydroxylation sites is 1. The normalized spacial score (nSPS) is 10.7. The molecule has 0 N–H and O–H groups in total. The largest absolute Gasteiger partial charge is 0.490 e. The minimum atomic E-state index is -0.457. The first-order valence-corrected chi connectivity index (χ1v) is 6.69. The van der Waals surface area contributed by atoms with Gasteiger partial charge in [0.2, 0.25) is 0 Å². The Balaban J connectivity index is 2.12. The van der Waals surface area contributed by atoms with Gasteiger partial charge in [-0.25, -0.2) is 4.98 Å². The summed E-state index contributed by atoms with van der Waals surface area (Å²) in [5.41, 5.74) is 1.69. The number of thiazole rings is 1. The number of hydrogen-bond donors (Lipinski definition) is 0. The van der Waals surface area contributed by atoms with Crippen LogP contribution in [0.4, 0.5) is 5.69 Å². The lowest BCUT2D eigenvalue weighted by molar-refractivity contribution is -0.385. The molecular weight excluding hydrogens is 276 g/mol. The van der Waals surface area contributed by atoms with Gasteiger partial charge in [0.1, 0.15) is 5.01 Å². The van der Waals surface area contributed by atoms with Crippen LogP contribution in [0.3, 0.4) is 0 Å². The van der Waals surface area contributed by atoms with Gasteiger partial charge in [0.15, 0.2) is 5.75 Å². The van der Waals surface area contributed by atoms with Gasteiger partial charge in [-0.05, 0) is 24.3 Å². The zero-order valence-electron chi connectivity index (χ0n) is 10.6. The van der Waals surface area contributed by atoms with Crippen LogP contribution >= 0.6 is 11.3 Å². The molecule has 0 atom stereocenters. The van der Waals surface area contributed by atoms with Crippen molar-refractivity contribution in [3.8, 4) is 16.3 Å². The number of aromatic nitrogens is 1. The van der Waals surface area contributed by atoms with Gasteiger partial charge >= 0.3 is 5.69 Å². The number of rotatable bonds is 3. The fraction of sp³-hybridized carbons (Fsp3) is 0.0714. The molecule has 0 unspecified atom stereocenters. The van der Waals surface area contributed by atoms with Crippen LogP contribution in [-0.4, -0.2) is 17.0 Å². The number of hydrogen-bond acceptors (Lipinski definition) is 5. The van der Waals surface area contributed by atoms with Gasteiger partial charge in [0.25, 0.3) is 0 Å². The van der Waals surface area contributed by atoms with Gasteiger partial charge in [0.05, 0.1) is 22.2 Å². The maximum Gasteiger partial charge on any atom is 0.310 e.